The average molecular weight is 292 g/mol. The van der Waals surface area contributed by atoms with Crippen LogP contribution in [0.3, 0.4) is 0 Å². The molecule has 118 valence electrons. The van der Waals surface area contributed by atoms with Crippen molar-refractivity contribution < 1.29 is 9.59 Å². The maximum atomic E-state index is 12.4. The van der Waals surface area contributed by atoms with E-state index in [0.29, 0.717) is 17.8 Å². The molecule has 3 N–H and O–H groups in total. The second-order valence-corrected chi connectivity index (χ2v) is 8.47. The quantitative estimate of drug-likeness (QED) is 0.837. The van der Waals surface area contributed by atoms with Gasteiger partial charge in [-0.15, -0.1) is 0 Å². The van der Waals surface area contributed by atoms with Gasteiger partial charge in [0.05, 0.1) is 0 Å². The Morgan fingerprint density at radius 3 is 2.33 bits per heavy atom. The van der Waals surface area contributed by atoms with Crippen LogP contribution in [0, 0.1) is 28.6 Å². The first-order valence-corrected chi connectivity index (χ1v) is 8.34. The molecule has 3 rings (SSSR count). The van der Waals surface area contributed by atoms with Crippen molar-refractivity contribution in [2.75, 3.05) is 0 Å². The molecule has 0 aliphatic heterocycles. The van der Waals surface area contributed by atoms with Crippen LogP contribution >= 0.6 is 0 Å². The lowest BCUT2D eigenvalue weighted by Crippen LogP contribution is -2.55. The van der Waals surface area contributed by atoms with E-state index in [4.69, 9.17) is 5.73 Å². The predicted octanol–water partition coefficient (Wildman–Crippen LogP) is 2.22. The van der Waals surface area contributed by atoms with E-state index in [2.05, 4.69) is 12.2 Å². The molecule has 0 heterocycles. The predicted molar refractivity (Wildman–Crippen MR) is 81.2 cm³/mol. The zero-order chi connectivity index (χ0) is 15.4. The molecule has 0 aromatic heterocycles. The third-order valence-corrected chi connectivity index (χ3v) is 6.35. The Morgan fingerprint density at radius 2 is 1.76 bits per heavy atom. The highest BCUT2D eigenvalue weighted by Gasteiger charge is 2.51. The summed E-state index contributed by atoms with van der Waals surface area (Å²) in [7, 11) is 0. The van der Waals surface area contributed by atoms with E-state index in [0.717, 1.165) is 38.5 Å². The molecule has 0 radical (unpaired) electrons. The Morgan fingerprint density at radius 1 is 1.10 bits per heavy atom. The number of carbonyl (C=O) groups is 2. The molecule has 0 aromatic rings. The van der Waals surface area contributed by atoms with Gasteiger partial charge in [0, 0.05) is 16.9 Å². The zero-order valence-corrected chi connectivity index (χ0v) is 13.4. The molecule has 2 amide bonds. The first-order chi connectivity index (χ1) is 9.73. The summed E-state index contributed by atoms with van der Waals surface area (Å²) in [5, 5.41) is 3.31. The van der Waals surface area contributed by atoms with Crippen LogP contribution < -0.4 is 11.1 Å². The van der Waals surface area contributed by atoms with Gasteiger partial charge in [0.2, 0.25) is 11.8 Å². The molecule has 3 aliphatic carbocycles. The SMILES string of the molecule is CC1CC2CC(CC(C)(C(N)=O)C2)C1NC(=O)C1(C)CC1. The van der Waals surface area contributed by atoms with E-state index in [1.165, 1.54) is 0 Å². The van der Waals surface area contributed by atoms with E-state index in [1.54, 1.807) is 0 Å². The van der Waals surface area contributed by atoms with Crippen LogP contribution in [0.2, 0.25) is 0 Å². The summed E-state index contributed by atoms with van der Waals surface area (Å²) in [6.45, 7) is 6.30. The summed E-state index contributed by atoms with van der Waals surface area (Å²) in [4.78, 5) is 24.2. The topological polar surface area (TPSA) is 72.2 Å². The Kier molecular flexibility index (Phi) is 3.34. The Balaban J connectivity index is 1.74. The van der Waals surface area contributed by atoms with Gasteiger partial charge in [-0.3, -0.25) is 9.59 Å². The standard InChI is InChI=1S/C17H28N2O2/c1-10-6-11-7-12(9-17(3,8-11)14(18)20)13(10)19-15(21)16(2)4-5-16/h10-13H,4-9H2,1-3H3,(H2,18,20)(H,19,21). The minimum Gasteiger partial charge on any atom is -0.369 e. The van der Waals surface area contributed by atoms with Gasteiger partial charge in [-0.05, 0) is 56.3 Å². The van der Waals surface area contributed by atoms with E-state index < -0.39 is 0 Å². The van der Waals surface area contributed by atoms with Crippen LogP contribution in [0.15, 0.2) is 0 Å². The maximum Gasteiger partial charge on any atom is 0.226 e. The second-order valence-electron chi connectivity index (χ2n) is 8.47. The largest absolute Gasteiger partial charge is 0.369 e. The lowest BCUT2D eigenvalue weighted by molar-refractivity contribution is -0.134. The molecular weight excluding hydrogens is 264 g/mol. The monoisotopic (exact) mass is 292 g/mol. The van der Waals surface area contributed by atoms with Crippen LogP contribution in [0.1, 0.15) is 59.3 Å². The van der Waals surface area contributed by atoms with Crippen LogP contribution in [0.5, 0.6) is 0 Å². The molecule has 5 unspecified atom stereocenters. The van der Waals surface area contributed by atoms with Gasteiger partial charge in [0.1, 0.15) is 0 Å². The number of primary amides is 1. The average Bonchev–Trinajstić information content (AvgIpc) is 3.12. The fraction of sp³-hybridized carbons (Fsp3) is 0.882. The van der Waals surface area contributed by atoms with Gasteiger partial charge >= 0.3 is 0 Å². The normalized spacial score (nSPS) is 44.0. The molecule has 3 saturated carbocycles. The summed E-state index contributed by atoms with van der Waals surface area (Å²) in [6, 6.07) is 0.213. The maximum absolute atomic E-state index is 12.4. The fourth-order valence-electron chi connectivity index (χ4n) is 4.69. The van der Waals surface area contributed by atoms with E-state index in [-0.39, 0.29) is 28.7 Å². The summed E-state index contributed by atoms with van der Waals surface area (Å²) >= 11 is 0. The van der Waals surface area contributed by atoms with E-state index in [9.17, 15) is 9.59 Å². The molecule has 2 bridgehead atoms. The summed E-state index contributed by atoms with van der Waals surface area (Å²) < 4.78 is 0. The fourth-order valence-corrected chi connectivity index (χ4v) is 4.69. The molecule has 4 nitrogen and oxygen atoms in total. The Hall–Kier alpha value is -1.06. The van der Waals surface area contributed by atoms with Crippen LogP contribution in [0.25, 0.3) is 0 Å². The van der Waals surface area contributed by atoms with Crippen molar-refractivity contribution in [3.8, 4) is 0 Å². The molecule has 4 heteroatoms. The third-order valence-electron chi connectivity index (χ3n) is 6.35. The van der Waals surface area contributed by atoms with E-state index >= 15 is 0 Å². The lowest BCUT2D eigenvalue weighted by atomic mass is 9.57. The zero-order valence-electron chi connectivity index (χ0n) is 13.4. The van der Waals surface area contributed by atoms with Gasteiger partial charge in [0.15, 0.2) is 0 Å². The van der Waals surface area contributed by atoms with Crippen molar-refractivity contribution >= 4 is 11.8 Å². The number of amides is 2. The van der Waals surface area contributed by atoms with Gasteiger partial charge in [-0.25, -0.2) is 0 Å². The smallest absolute Gasteiger partial charge is 0.226 e. The van der Waals surface area contributed by atoms with Crippen LogP contribution in [-0.4, -0.2) is 17.9 Å². The van der Waals surface area contributed by atoms with Gasteiger partial charge in [-0.2, -0.15) is 0 Å². The molecule has 5 atom stereocenters. The number of hydrogen-bond donors (Lipinski definition) is 2. The lowest BCUT2D eigenvalue weighted by Gasteiger charge is -2.50. The van der Waals surface area contributed by atoms with E-state index in [1.807, 2.05) is 13.8 Å². The first kappa shape index (κ1) is 14.9. The minimum atomic E-state index is -0.389. The van der Waals surface area contributed by atoms with Gasteiger partial charge < -0.3 is 11.1 Å². The summed E-state index contributed by atoms with van der Waals surface area (Å²) in [5.41, 5.74) is 5.12. The molecular formula is C17H28N2O2. The highest BCUT2D eigenvalue weighted by atomic mass is 16.2. The molecule has 3 aliphatic rings. The van der Waals surface area contributed by atoms with Gasteiger partial charge in [0.25, 0.3) is 0 Å². The van der Waals surface area contributed by atoms with Crippen molar-refractivity contribution in [1.29, 1.82) is 0 Å². The first-order valence-electron chi connectivity index (χ1n) is 8.34. The molecule has 0 spiro atoms. The van der Waals surface area contributed by atoms with Crippen LogP contribution in [-0.2, 0) is 9.59 Å². The number of rotatable bonds is 3. The number of fused-ring (bicyclic) bond motifs is 2. The van der Waals surface area contributed by atoms with Crippen molar-refractivity contribution in [1.82, 2.24) is 5.32 Å². The van der Waals surface area contributed by atoms with Crippen molar-refractivity contribution in [2.24, 2.45) is 34.3 Å². The number of nitrogens with two attached hydrogens (primary N) is 1. The molecule has 0 aromatic carbocycles. The van der Waals surface area contributed by atoms with Crippen molar-refractivity contribution in [3.05, 3.63) is 0 Å². The Labute approximate surface area is 127 Å². The minimum absolute atomic E-state index is 0.127. The summed E-state index contributed by atoms with van der Waals surface area (Å²) in [6.07, 6.45) is 5.99. The second kappa shape index (κ2) is 4.72. The van der Waals surface area contributed by atoms with Crippen molar-refractivity contribution in [2.45, 2.75) is 65.3 Å². The number of nitrogens with one attached hydrogen (secondary N) is 1. The third kappa shape index (κ3) is 2.58. The number of carbonyl (C=O) groups excluding carboxylic acids is 2. The molecule has 3 fully saturated rings. The highest BCUT2D eigenvalue weighted by Crippen LogP contribution is 2.51. The number of hydrogen-bond acceptors (Lipinski definition) is 2. The molecule has 0 saturated heterocycles. The Bertz CT molecular complexity index is 469. The molecule has 21 heavy (non-hydrogen) atoms. The van der Waals surface area contributed by atoms with Crippen LogP contribution in [0.4, 0.5) is 0 Å². The van der Waals surface area contributed by atoms with Gasteiger partial charge in [-0.1, -0.05) is 20.8 Å². The summed E-state index contributed by atoms with van der Waals surface area (Å²) in [5.74, 6) is 1.52. The van der Waals surface area contributed by atoms with Crippen molar-refractivity contribution in [3.63, 3.8) is 0 Å². The highest BCUT2D eigenvalue weighted by molar-refractivity contribution is 5.85.